The summed E-state index contributed by atoms with van der Waals surface area (Å²) < 4.78 is 16.4. The molecule has 0 aromatic heterocycles. The predicted molar refractivity (Wildman–Crippen MR) is 96.6 cm³/mol. The zero-order valence-electron chi connectivity index (χ0n) is 14.2. The van der Waals surface area contributed by atoms with Crippen molar-refractivity contribution in [3.8, 4) is 17.2 Å². The van der Waals surface area contributed by atoms with Crippen molar-refractivity contribution < 1.29 is 19.0 Å². The molecule has 0 aliphatic carbocycles. The van der Waals surface area contributed by atoms with Gasteiger partial charge in [0.25, 0.3) is 0 Å². The number of nitrogen functional groups attached to an aromatic ring is 1. The number of carbonyl (C=O) groups excluding carboxylic acids is 1. The number of anilines is 1. The van der Waals surface area contributed by atoms with Gasteiger partial charge in [-0.2, -0.15) is 0 Å². The molecule has 0 aliphatic rings. The fraction of sp³-hybridized carbons (Fsp3) is 0.278. The monoisotopic (exact) mass is 347 g/mol. The Bertz CT molecular complexity index is 733. The summed E-state index contributed by atoms with van der Waals surface area (Å²) in [7, 11) is 3.10. The average molecular weight is 347 g/mol. The maximum atomic E-state index is 12.8. The predicted octanol–water partition coefficient (Wildman–Crippen LogP) is 3.66. The third-order valence-corrected chi connectivity index (χ3v) is 4.32. The first-order chi connectivity index (χ1) is 11.5. The molecule has 0 saturated carbocycles. The Balaban J connectivity index is 2.32. The van der Waals surface area contributed by atoms with Crippen molar-refractivity contribution in [2.24, 2.45) is 0 Å². The average Bonchev–Trinajstić information content (AvgIpc) is 2.61. The second-order valence-electron chi connectivity index (χ2n) is 5.07. The third kappa shape index (κ3) is 3.76. The van der Waals surface area contributed by atoms with Crippen LogP contribution < -0.4 is 19.9 Å². The van der Waals surface area contributed by atoms with Crippen LogP contribution in [0.5, 0.6) is 17.2 Å². The molecule has 0 fully saturated rings. The molecule has 2 N–H and O–H groups in total. The van der Waals surface area contributed by atoms with Gasteiger partial charge < -0.3 is 19.9 Å². The van der Waals surface area contributed by atoms with Crippen LogP contribution in [-0.4, -0.2) is 32.4 Å². The van der Waals surface area contributed by atoms with E-state index in [1.54, 1.807) is 44.4 Å². The molecule has 0 amide bonds. The highest BCUT2D eigenvalue weighted by Crippen LogP contribution is 2.35. The molecule has 0 saturated heterocycles. The lowest BCUT2D eigenvalue weighted by Crippen LogP contribution is -2.25. The van der Waals surface area contributed by atoms with Gasteiger partial charge in [0.1, 0.15) is 17.2 Å². The molecule has 24 heavy (non-hydrogen) atoms. The zero-order chi connectivity index (χ0) is 17.7. The molecular formula is C18H21NO4S. The molecule has 0 radical (unpaired) electrons. The zero-order valence-corrected chi connectivity index (χ0v) is 15.0. The van der Waals surface area contributed by atoms with Gasteiger partial charge in [-0.05, 0) is 37.4 Å². The van der Waals surface area contributed by atoms with Crippen molar-refractivity contribution in [1.29, 1.82) is 0 Å². The number of benzene rings is 2. The van der Waals surface area contributed by atoms with Gasteiger partial charge in [0.2, 0.25) is 5.78 Å². The van der Waals surface area contributed by atoms with E-state index in [1.165, 1.54) is 18.9 Å². The van der Waals surface area contributed by atoms with Crippen LogP contribution >= 0.6 is 11.8 Å². The first-order valence-corrected chi connectivity index (χ1v) is 8.59. The van der Waals surface area contributed by atoms with E-state index in [4.69, 9.17) is 19.9 Å². The number of hydrogen-bond acceptors (Lipinski definition) is 6. The quantitative estimate of drug-likeness (QED) is 0.468. The van der Waals surface area contributed by atoms with Gasteiger partial charge in [-0.25, -0.2) is 0 Å². The van der Waals surface area contributed by atoms with Crippen molar-refractivity contribution in [2.75, 3.05) is 26.2 Å². The molecule has 6 heteroatoms. The lowest BCUT2D eigenvalue weighted by molar-refractivity contribution is 0.0815. The van der Waals surface area contributed by atoms with Crippen LogP contribution in [0.3, 0.4) is 0 Å². The van der Waals surface area contributed by atoms with E-state index < -0.39 is 6.10 Å². The van der Waals surface area contributed by atoms with Crippen LogP contribution in [0.2, 0.25) is 0 Å². The van der Waals surface area contributed by atoms with Gasteiger partial charge in [0, 0.05) is 0 Å². The number of para-hydroxylation sites is 2. The van der Waals surface area contributed by atoms with Gasteiger partial charge >= 0.3 is 0 Å². The van der Waals surface area contributed by atoms with Crippen LogP contribution in [0.15, 0.2) is 41.3 Å². The van der Waals surface area contributed by atoms with E-state index in [2.05, 4.69) is 0 Å². The van der Waals surface area contributed by atoms with E-state index >= 15 is 0 Å². The number of ketones is 1. The Hall–Kier alpha value is -2.34. The number of carbonyl (C=O) groups is 1. The Morgan fingerprint density at radius 3 is 2.33 bits per heavy atom. The lowest BCUT2D eigenvalue weighted by atomic mass is 10.1. The second kappa shape index (κ2) is 7.97. The van der Waals surface area contributed by atoms with Crippen molar-refractivity contribution in [3.05, 3.63) is 42.0 Å². The molecule has 128 valence electrons. The van der Waals surface area contributed by atoms with E-state index in [1.807, 2.05) is 12.3 Å². The van der Waals surface area contributed by atoms with Crippen LogP contribution in [0.25, 0.3) is 0 Å². The second-order valence-corrected chi connectivity index (χ2v) is 5.92. The Kier molecular flexibility index (Phi) is 5.98. The number of hydrogen-bond donors (Lipinski definition) is 1. The highest BCUT2D eigenvalue weighted by Gasteiger charge is 2.23. The molecule has 0 bridgehead atoms. The number of rotatable bonds is 7. The molecule has 1 atom stereocenters. The van der Waals surface area contributed by atoms with Gasteiger partial charge in [0.05, 0.1) is 30.4 Å². The largest absolute Gasteiger partial charge is 0.496 e. The fourth-order valence-corrected chi connectivity index (χ4v) is 2.84. The maximum Gasteiger partial charge on any atom is 0.206 e. The molecule has 0 spiro atoms. The smallest absolute Gasteiger partial charge is 0.206 e. The highest BCUT2D eigenvalue weighted by molar-refractivity contribution is 7.98. The summed E-state index contributed by atoms with van der Waals surface area (Å²) in [5.74, 6) is 1.38. The van der Waals surface area contributed by atoms with E-state index in [0.717, 1.165) is 4.90 Å². The molecule has 1 unspecified atom stereocenters. The third-order valence-electron chi connectivity index (χ3n) is 3.56. The number of Topliss-reactive ketones (excluding diaryl/α,β-unsaturated/α-hetero) is 1. The number of nitrogens with two attached hydrogens (primary N) is 1. The molecular weight excluding hydrogens is 326 g/mol. The summed E-state index contributed by atoms with van der Waals surface area (Å²) in [5, 5.41) is 0. The van der Waals surface area contributed by atoms with Gasteiger partial charge in [-0.3, -0.25) is 4.79 Å². The summed E-state index contributed by atoms with van der Waals surface area (Å²) >= 11 is 1.52. The summed E-state index contributed by atoms with van der Waals surface area (Å²) in [6, 6.07) is 10.5. The lowest BCUT2D eigenvalue weighted by Gasteiger charge is -2.18. The summed E-state index contributed by atoms with van der Waals surface area (Å²) in [4.78, 5) is 13.7. The van der Waals surface area contributed by atoms with Crippen molar-refractivity contribution in [3.63, 3.8) is 0 Å². The molecule has 2 aromatic carbocycles. The maximum absolute atomic E-state index is 12.8. The summed E-state index contributed by atoms with van der Waals surface area (Å²) in [6.45, 7) is 1.68. The first kappa shape index (κ1) is 18.0. The minimum absolute atomic E-state index is 0.207. The topological polar surface area (TPSA) is 70.8 Å². The minimum atomic E-state index is -0.714. The highest BCUT2D eigenvalue weighted by atomic mass is 32.2. The van der Waals surface area contributed by atoms with Crippen LogP contribution in [0.4, 0.5) is 5.69 Å². The first-order valence-electron chi connectivity index (χ1n) is 7.37. The van der Waals surface area contributed by atoms with Gasteiger partial charge in [0.15, 0.2) is 6.10 Å². The Morgan fingerprint density at radius 2 is 1.75 bits per heavy atom. The SMILES string of the molecule is COc1cc(C(=O)C(C)Oc2ccccc2N)c(OC)cc1SC. The van der Waals surface area contributed by atoms with Crippen LogP contribution in [0, 0.1) is 0 Å². The van der Waals surface area contributed by atoms with Crippen LogP contribution in [-0.2, 0) is 0 Å². The Labute approximate surface area is 146 Å². The molecule has 2 rings (SSSR count). The van der Waals surface area contributed by atoms with E-state index in [9.17, 15) is 4.79 Å². The standard InChI is InChI=1S/C18H21NO4S/c1-11(23-14-8-6-5-7-13(14)19)18(20)12-9-16(22-3)17(24-4)10-15(12)21-2/h5-11H,19H2,1-4H3. The van der Waals surface area contributed by atoms with Crippen molar-refractivity contribution in [2.45, 2.75) is 17.9 Å². The van der Waals surface area contributed by atoms with E-state index in [-0.39, 0.29) is 5.78 Å². The van der Waals surface area contributed by atoms with E-state index in [0.29, 0.717) is 28.5 Å². The fourth-order valence-electron chi connectivity index (χ4n) is 2.27. The van der Waals surface area contributed by atoms with Crippen molar-refractivity contribution >= 4 is 23.2 Å². The van der Waals surface area contributed by atoms with Gasteiger partial charge in [-0.15, -0.1) is 11.8 Å². The summed E-state index contributed by atoms with van der Waals surface area (Å²) in [5.41, 5.74) is 6.76. The van der Waals surface area contributed by atoms with Gasteiger partial charge in [-0.1, -0.05) is 12.1 Å². The molecule has 2 aromatic rings. The number of ether oxygens (including phenoxy) is 3. The van der Waals surface area contributed by atoms with Crippen molar-refractivity contribution in [1.82, 2.24) is 0 Å². The summed E-state index contributed by atoms with van der Waals surface area (Å²) in [6.07, 6.45) is 1.22. The number of thioether (sulfide) groups is 1. The van der Waals surface area contributed by atoms with Crippen LogP contribution in [0.1, 0.15) is 17.3 Å². The number of methoxy groups -OCH3 is 2. The normalized spacial score (nSPS) is 11.7. The minimum Gasteiger partial charge on any atom is -0.496 e. The molecule has 0 aliphatic heterocycles. The molecule has 0 heterocycles. The Morgan fingerprint density at radius 1 is 1.08 bits per heavy atom. The molecule has 5 nitrogen and oxygen atoms in total.